The lowest BCUT2D eigenvalue weighted by Crippen LogP contribution is -2.48. The summed E-state index contributed by atoms with van der Waals surface area (Å²) in [4.78, 5) is 38.8. The Morgan fingerprint density at radius 2 is 1.70 bits per heavy atom. The van der Waals surface area contributed by atoms with Crippen molar-refractivity contribution < 1.29 is 32.8 Å². The smallest absolute Gasteiger partial charge is 0.359 e. The quantitative estimate of drug-likeness (QED) is 0.305. The highest BCUT2D eigenvalue weighted by Gasteiger charge is 2.50. The third-order valence-electron chi connectivity index (χ3n) is 4.77. The van der Waals surface area contributed by atoms with Gasteiger partial charge in [0.1, 0.15) is 19.0 Å². The van der Waals surface area contributed by atoms with E-state index in [1.54, 1.807) is 42.7 Å². The molecule has 33 heavy (non-hydrogen) atoms. The SMILES string of the molecule is CS(=O)c1ccc(OC2=C(C(=O)OCCOC(=O)c3ccc(Cl)cc3)N3C(=O)C[C@H]3S2)cc1. The van der Waals surface area contributed by atoms with Crippen molar-refractivity contribution in [1.82, 2.24) is 4.90 Å². The van der Waals surface area contributed by atoms with Crippen molar-refractivity contribution in [2.45, 2.75) is 16.7 Å². The molecule has 2 atom stereocenters. The zero-order chi connectivity index (χ0) is 23.5. The third-order valence-corrected chi connectivity index (χ3v) is 7.10. The molecule has 2 heterocycles. The molecule has 2 aromatic rings. The number of halogens is 1. The maximum Gasteiger partial charge on any atom is 0.359 e. The largest absolute Gasteiger partial charge is 0.458 e. The molecule has 0 aliphatic carbocycles. The van der Waals surface area contributed by atoms with Gasteiger partial charge in [-0.25, -0.2) is 9.59 Å². The average molecular weight is 508 g/mol. The molecule has 4 rings (SSSR count). The van der Waals surface area contributed by atoms with E-state index in [2.05, 4.69) is 0 Å². The van der Waals surface area contributed by atoms with Gasteiger partial charge in [0.05, 0.1) is 17.4 Å². The Morgan fingerprint density at radius 1 is 1.06 bits per heavy atom. The molecule has 1 fully saturated rings. The van der Waals surface area contributed by atoms with Gasteiger partial charge in [-0.2, -0.15) is 0 Å². The number of carbonyl (C=O) groups excluding carboxylic acids is 3. The van der Waals surface area contributed by atoms with Crippen LogP contribution in [-0.2, 0) is 29.9 Å². The third kappa shape index (κ3) is 5.23. The molecular formula is C22H18ClNO7S2. The van der Waals surface area contributed by atoms with Crippen LogP contribution in [-0.4, -0.2) is 51.8 Å². The van der Waals surface area contributed by atoms with Crippen LogP contribution in [0.15, 0.2) is 64.2 Å². The summed E-state index contributed by atoms with van der Waals surface area (Å²) in [5.41, 5.74) is 0.344. The Bertz CT molecular complexity index is 1150. The van der Waals surface area contributed by atoms with Crippen molar-refractivity contribution >= 4 is 52.0 Å². The molecule has 0 spiro atoms. The minimum Gasteiger partial charge on any atom is -0.458 e. The molecular weight excluding hydrogens is 490 g/mol. The van der Waals surface area contributed by atoms with Crippen LogP contribution >= 0.6 is 23.4 Å². The van der Waals surface area contributed by atoms with Gasteiger partial charge < -0.3 is 14.2 Å². The van der Waals surface area contributed by atoms with Crippen LogP contribution < -0.4 is 4.74 Å². The lowest BCUT2D eigenvalue weighted by molar-refractivity contribution is -0.149. The number of esters is 2. The van der Waals surface area contributed by atoms with Crippen LogP contribution in [0.25, 0.3) is 0 Å². The summed E-state index contributed by atoms with van der Waals surface area (Å²) in [5, 5.41) is 0.524. The summed E-state index contributed by atoms with van der Waals surface area (Å²) in [6.07, 6.45) is 1.86. The monoisotopic (exact) mass is 507 g/mol. The molecule has 2 aromatic carbocycles. The van der Waals surface area contributed by atoms with Gasteiger partial charge in [0.25, 0.3) is 0 Å². The first-order chi connectivity index (χ1) is 15.8. The van der Waals surface area contributed by atoms with E-state index in [-0.39, 0.29) is 35.3 Å². The second-order valence-corrected chi connectivity index (χ2v) is 9.95. The molecule has 2 aliphatic heterocycles. The number of thioether (sulfide) groups is 1. The second-order valence-electron chi connectivity index (χ2n) is 6.98. The number of hydrogen-bond acceptors (Lipinski definition) is 8. The van der Waals surface area contributed by atoms with E-state index in [0.717, 1.165) is 0 Å². The normalized spacial score (nSPS) is 17.8. The van der Waals surface area contributed by atoms with Crippen LogP contribution in [0.5, 0.6) is 5.75 Å². The molecule has 1 unspecified atom stereocenters. The van der Waals surface area contributed by atoms with E-state index < -0.39 is 22.7 Å². The molecule has 0 bridgehead atoms. The van der Waals surface area contributed by atoms with Gasteiger partial charge in [0.2, 0.25) is 5.91 Å². The maximum atomic E-state index is 12.7. The molecule has 0 saturated carbocycles. The highest BCUT2D eigenvalue weighted by Crippen LogP contribution is 2.46. The first-order valence-electron chi connectivity index (χ1n) is 9.77. The number of rotatable bonds is 8. The lowest BCUT2D eigenvalue weighted by atomic mass is 10.2. The van der Waals surface area contributed by atoms with Crippen molar-refractivity contribution in [3.05, 3.63) is 69.9 Å². The summed E-state index contributed by atoms with van der Waals surface area (Å²) >= 11 is 7.05. The van der Waals surface area contributed by atoms with Crippen LogP contribution in [0.4, 0.5) is 0 Å². The number of amides is 1. The first-order valence-corrected chi connectivity index (χ1v) is 12.6. The van der Waals surface area contributed by atoms with Gasteiger partial charge in [-0.15, -0.1) is 0 Å². The van der Waals surface area contributed by atoms with Crippen LogP contribution in [0.1, 0.15) is 16.8 Å². The van der Waals surface area contributed by atoms with E-state index >= 15 is 0 Å². The molecule has 11 heteroatoms. The molecule has 2 aliphatic rings. The number of nitrogens with zero attached hydrogens (tertiary/aromatic N) is 1. The molecule has 172 valence electrons. The Morgan fingerprint density at radius 3 is 2.30 bits per heavy atom. The van der Waals surface area contributed by atoms with E-state index in [9.17, 15) is 18.6 Å². The van der Waals surface area contributed by atoms with Gasteiger partial charge in [0.15, 0.2) is 10.8 Å². The molecule has 1 saturated heterocycles. The molecule has 8 nitrogen and oxygen atoms in total. The first kappa shape index (κ1) is 23.3. The standard InChI is InChI=1S/C22H18ClNO7S2/c1-33(28)16-8-6-15(7-9-16)31-22-19(24-17(25)12-18(24)32-22)21(27)30-11-10-29-20(26)13-2-4-14(23)5-3-13/h2-9,18H,10-12H2,1H3/t18-,33?/m1/s1. The van der Waals surface area contributed by atoms with Crippen LogP contribution in [0.3, 0.4) is 0 Å². The minimum absolute atomic E-state index is 0.0217. The predicted molar refractivity (Wildman–Crippen MR) is 122 cm³/mol. The highest BCUT2D eigenvalue weighted by molar-refractivity contribution is 8.03. The Labute approximate surface area is 201 Å². The van der Waals surface area contributed by atoms with E-state index in [1.165, 1.54) is 28.8 Å². The van der Waals surface area contributed by atoms with Gasteiger partial charge >= 0.3 is 11.9 Å². The fourth-order valence-corrected chi connectivity index (χ4v) is 4.98. The van der Waals surface area contributed by atoms with Gasteiger partial charge in [-0.1, -0.05) is 23.4 Å². The number of hydrogen-bond donors (Lipinski definition) is 0. The van der Waals surface area contributed by atoms with Crippen molar-refractivity contribution in [1.29, 1.82) is 0 Å². The highest BCUT2D eigenvalue weighted by atomic mass is 35.5. The molecule has 1 amide bonds. The van der Waals surface area contributed by atoms with Crippen LogP contribution in [0, 0.1) is 0 Å². The lowest BCUT2D eigenvalue weighted by Gasteiger charge is -2.33. The summed E-state index contributed by atoms with van der Waals surface area (Å²) in [7, 11) is -1.12. The van der Waals surface area contributed by atoms with E-state index in [1.807, 2.05) is 0 Å². The summed E-state index contributed by atoms with van der Waals surface area (Å²) < 4.78 is 27.7. The number of fused-ring (bicyclic) bond motifs is 1. The predicted octanol–water partition coefficient (Wildman–Crippen LogP) is 3.33. The van der Waals surface area contributed by atoms with Gasteiger partial charge in [-0.05, 0) is 48.5 Å². The van der Waals surface area contributed by atoms with Crippen molar-refractivity contribution in [3.63, 3.8) is 0 Å². The molecule has 0 radical (unpaired) electrons. The van der Waals surface area contributed by atoms with Crippen molar-refractivity contribution in [3.8, 4) is 5.75 Å². The zero-order valence-electron chi connectivity index (χ0n) is 17.3. The number of carbonyl (C=O) groups is 3. The number of β-lactam (4-membered cyclic amide) rings is 1. The van der Waals surface area contributed by atoms with E-state index in [4.69, 9.17) is 25.8 Å². The van der Waals surface area contributed by atoms with E-state index in [0.29, 0.717) is 27.7 Å². The fourth-order valence-electron chi connectivity index (χ4n) is 3.09. The minimum atomic E-state index is -1.12. The van der Waals surface area contributed by atoms with Gasteiger partial charge in [0, 0.05) is 27.0 Å². The topological polar surface area (TPSA) is 99.2 Å². The Hall–Kier alpha value is -2.82. The summed E-state index contributed by atoms with van der Waals surface area (Å²) in [6, 6.07) is 12.8. The molecule has 0 aromatic heterocycles. The fraction of sp³-hybridized carbons (Fsp3) is 0.227. The zero-order valence-corrected chi connectivity index (χ0v) is 19.7. The number of ether oxygens (including phenoxy) is 3. The Kier molecular flexibility index (Phi) is 7.06. The Balaban J connectivity index is 1.38. The average Bonchev–Trinajstić information content (AvgIpc) is 3.09. The number of benzene rings is 2. The van der Waals surface area contributed by atoms with Crippen LogP contribution in [0.2, 0.25) is 5.02 Å². The summed E-state index contributed by atoms with van der Waals surface area (Å²) in [6.45, 7) is -0.347. The van der Waals surface area contributed by atoms with Crippen molar-refractivity contribution in [2.24, 2.45) is 0 Å². The summed E-state index contributed by atoms with van der Waals surface area (Å²) in [5.74, 6) is -1.09. The van der Waals surface area contributed by atoms with Gasteiger partial charge in [-0.3, -0.25) is 13.9 Å². The molecule has 0 N–H and O–H groups in total. The maximum absolute atomic E-state index is 12.7. The second kappa shape index (κ2) is 9.98. The van der Waals surface area contributed by atoms with Crippen molar-refractivity contribution in [2.75, 3.05) is 19.5 Å².